The van der Waals surface area contributed by atoms with Crippen LogP contribution in [0.2, 0.25) is 0 Å². The fourth-order valence-electron chi connectivity index (χ4n) is 3.43. The van der Waals surface area contributed by atoms with E-state index in [1.54, 1.807) is 16.2 Å². The molecule has 20 heavy (non-hydrogen) atoms. The summed E-state index contributed by atoms with van der Waals surface area (Å²) in [6.07, 6.45) is -1.17. The zero-order valence-corrected chi connectivity index (χ0v) is 12.1. The zero-order chi connectivity index (χ0) is 14.2. The van der Waals surface area contributed by atoms with Crippen molar-refractivity contribution in [2.75, 3.05) is 19.6 Å². The molecular formula is C14H19F3N2S. The first kappa shape index (κ1) is 14.4. The first-order chi connectivity index (χ1) is 9.49. The standard InChI is InChI=1S/C14H19F3N2S/c15-14(16,17)10-19(8-11-1-6-20-9-11)12-7-13(12)2-4-18-5-3-13/h1,6,9,12,18H,2-5,7-8,10H2/t12-/m0/s1. The van der Waals surface area contributed by atoms with Gasteiger partial charge in [-0.2, -0.15) is 24.5 Å². The van der Waals surface area contributed by atoms with Gasteiger partial charge in [0, 0.05) is 12.6 Å². The third kappa shape index (κ3) is 3.18. The van der Waals surface area contributed by atoms with E-state index < -0.39 is 12.7 Å². The van der Waals surface area contributed by atoms with Crippen molar-refractivity contribution in [2.45, 2.75) is 38.0 Å². The molecule has 112 valence electrons. The summed E-state index contributed by atoms with van der Waals surface area (Å²) in [5.74, 6) is 0. The van der Waals surface area contributed by atoms with Crippen LogP contribution in [-0.4, -0.2) is 36.8 Å². The zero-order valence-electron chi connectivity index (χ0n) is 11.2. The quantitative estimate of drug-likeness (QED) is 0.918. The second kappa shape index (κ2) is 5.31. The highest BCUT2D eigenvalue weighted by molar-refractivity contribution is 7.07. The average Bonchev–Trinajstić information content (AvgIpc) is 2.83. The second-order valence-corrected chi connectivity index (χ2v) is 6.76. The summed E-state index contributed by atoms with van der Waals surface area (Å²) in [5.41, 5.74) is 1.14. The summed E-state index contributed by atoms with van der Waals surface area (Å²) in [7, 11) is 0. The largest absolute Gasteiger partial charge is 0.401 e. The van der Waals surface area contributed by atoms with Crippen LogP contribution in [0.5, 0.6) is 0 Å². The molecule has 0 radical (unpaired) electrons. The van der Waals surface area contributed by atoms with E-state index in [0.29, 0.717) is 6.54 Å². The summed E-state index contributed by atoms with van der Waals surface area (Å²) >= 11 is 1.54. The van der Waals surface area contributed by atoms with E-state index in [2.05, 4.69) is 5.32 Å². The Labute approximate surface area is 121 Å². The van der Waals surface area contributed by atoms with Crippen molar-refractivity contribution in [1.82, 2.24) is 10.2 Å². The van der Waals surface area contributed by atoms with Gasteiger partial charge in [-0.15, -0.1) is 0 Å². The molecular weight excluding hydrogens is 285 g/mol. The number of hydrogen-bond donors (Lipinski definition) is 1. The van der Waals surface area contributed by atoms with Crippen molar-refractivity contribution in [2.24, 2.45) is 5.41 Å². The number of rotatable bonds is 4. The molecule has 1 aromatic heterocycles. The van der Waals surface area contributed by atoms with Gasteiger partial charge in [0.1, 0.15) is 0 Å². The highest BCUT2D eigenvalue weighted by Gasteiger charge is 2.57. The van der Waals surface area contributed by atoms with Crippen molar-refractivity contribution >= 4 is 11.3 Å². The van der Waals surface area contributed by atoms with Crippen LogP contribution in [0.4, 0.5) is 13.2 Å². The average molecular weight is 304 g/mol. The van der Waals surface area contributed by atoms with E-state index in [1.807, 2.05) is 16.8 Å². The number of thiophene rings is 1. The maximum atomic E-state index is 12.8. The van der Waals surface area contributed by atoms with Gasteiger partial charge in [0.25, 0.3) is 0 Å². The Kier molecular flexibility index (Phi) is 3.81. The Bertz CT molecular complexity index is 438. The van der Waals surface area contributed by atoms with Crippen LogP contribution < -0.4 is 5.32 Å². The summed E-state index contributed by atoms with van der Waals surface area (Å²) in [4.78, 5) is 1.65. The van der Waals surface area contributed by atoms with Gasteiger partial charge in [0.05, 0.1) is 6.54 Å². The van der Waals surface area contributed by atoms with Crippen LogP contribution in [0.1, 0.15) is 24.8 Å². The van der Waals surface area contributed by atoms with Gasteiger partial charge in [-0.1, -0.05) is 0 Å². The SMILES string of the molecule is FC(F)(F)CN(Cc1ccsc1)[C@H]1CC12CCNCC2. The van der Waals surface area contributed by atoms with Crippen molar-refractivity contribution in [3.8, 4) is 0 Å². The molecule has 1 spiro atoms. The molecule has 2 fully saturated rings. The topological polar surface area (TPSA) is 15.3 Å². The Morgan fingerprint density at radius 2 is 2.10 bits per heavy atom. The van der Waals surface area contributed by atoms with E-state index >= 15 is 0 Å². The predicted octanol–water partition coefficient (Wildman–Crippen LogP) is 3.25. The highest BCUT2D eigenvalue weighted by Crippen LogP contribution is 2.56. The van der Waals surface area contributed by atoms with E-state index in [0.717, 1.165) is 37.9 Å². The Balaban J connectivity index is 1.69. The van der Waals surface area contributed by atoms with E-state index in [4.69, 9.17) is 0 Å². The smallest absolute Gasteiger partial charge is 0.317 e. The third-order valence-electron chi connectivity index (χ3n) is 4.53. The molecule has 2 aliphatic rings. The molecule has 3 rings (SSSR count). The molecule has 1 aliphatic carbocycles. The first-order valence-corrected chi connectivity index (χ1v) is 7.95. The van der Waals surface area contributed by atoms with Gasteiger partial charge >= 0.3 is 6.18 Å². The van der Waals surface area contributed by atoms with E-state index in [1.165, 1.54) is 0 Å². The van der Waals surface area contributed by atoms with Crippen LogP contribution in [0.15, 0.2) is 16.8 Å². The number of piperidine rings is 1. The minimum absolute atomic E-state index is 0.103. The summed E-state index contributed by atoms with van der Waals surface area (Å²) < 4.78 is 38.5. The van der Waals surface area contributed by atoms with Gasteiger partial charge in [-0.3, -0.25) is 4.90 Å². The molecule has 1 saturated heterocycles. The highest BCUT2D eigenvalue weighted by atomic mass is 32.1. The van der Waals surface area contributed by atoms with Crippen LogP contribution >= 0.6 is 11.3 Å². The fourth-order valence-corrected chi connectivity index (χ4v) is 4.09. The number of nitrogens with zero attached hydrogens (tertiary/aromatic N) is 1. The maximum absolute atomic E-state index is 12.8. The third-order valence-corrected chi connectivity index (χ3v) is 5.27. The summed E-state index contributed by atoms with van der Waals surface area (Å²) in [6.45, 7) is 1.51. The van der Waals surface area contributed by atoms with Crippen LogP contribution in [0.25, 0.3) is 0 Å². The number of hydrogen-bond acceptors (Lipinski definition) is 3. The lowest BCUT2D eigenvalue weighted by atomic mass is 9.93. The van der Waals surface area contributed by atoms with Crippen LogP contribution in [0.3, 0.4) is 0 Å². The van der Waals surface area contributed by atoms with Crippen LogP contribution in [-0.2, 0) is 6.54 Å². The lowest BCUT2D eigenvalue weighted by Crippen LogP contribution is -2.40. The van der Waals surface area contributed by atoms with Crippen molar-refractivity contribution in [3.63, 3.8) is 0 Å². The van der Waals surface area contributed by atoms with Crippen LogP contribution in [0, 0.1) is 5.41 Å². The number of halogens is 3. The lowest BCUT2D eigenvalue weighted by Gasteiger charge is -2.30. The molecule has 1 atom stereocenters. The van der Waals surface area contributed by atoms with Gasteiger partial charge in [0.2, 0.25) is 0 Å². The molecule has 0 bridgehead atoms. The minimum atomic E-state index is -4.12. The van der Waals surface area contributed by atoms with E-state index in [-0.39, 0.29) is 11.5 Å². The van der Waals surface area contributed by atoms with Crippen molar-refractivity contribution in [1.29, 1.82) is 0 Å². The Morgan fingerprint density at radius 3 is 2.70 bits per heavy atom. The summed E-state index contributed by atoms with van der Waals surface area (Å²) in [6, 6.07) is 2.03. The lowest BCUT2D eigenvalue weighted by molar-refractivity contribution is -0.149. The van der Waals surface area contributed by atoms with Gasteiger partial charge < -0.3 is 5.32 Å². The molecule has 1 aliphatic heterocycles. The monoisotopic (exact) mass is 304 g/mol. The Morgan fingerprint density at radius 1 is 1.35 bits per heavy atom. The predicted molar refractivity (Wildman–Crippen MR) is 73.7 cm³/mol. The molecule has 2 nitrogen and oxygen atoms in total. The fraction of sp³-hybridized carbons (Fsp3) is 0.714. The van der Waals surface area contributed by atoms with Crippen molar-refractivity contribution in [3.05, 3.63) is 22.4 Å². The molecule has 1 N–H and O–H groups in total. The molecule has 0 amide bonds. The van der Waals surface area contributed by atoms with Crippen molar-refractivity contribution < 1.29 is 13.2 Å². The van der Waals surface area contributed by atoms with E-state index in [9.17, 15) is 13.2 Å². The molecule has 1 saturated carbocycles. The van der Waals surface area contributed by atoms with Gasteiger partial charge in [-0.05, 0) is 60.2 Å². The molecule has 0 aromatic carbocycles. The molecule has 0 unspecified atom stereocenters. The van der Waals surface area contributed by atoms with Gasteiger partial charge in [-0.25, -0.2) is 0 Å². The molecule has 2 heterocycles. The second-order valence-electron chi connectivity index (χ2n) is 5.98. The maximum Gasteiger partial charge on any atom is 0.401 e. The minimum Gasteiger partial charge on any atom is -0.317 e. The number of nitrogens with one attached hydrogen (secondary N) is 1. The van der Waals surface area contributed by atoms with Gasteiger partial charge in [0.15, 0.2) is 0 Å². The Hall–Kier alpha value is -0.590. The first-order valence-electron chi connectivity index (χ1n) is 7.01. The summed E-state index contributed by atoms with van der Waals surface area (Å²) in [5, 5.41) is 7.16. The molecule has 6 heteroatoms. The normalized spacial score (nSPS) is 25.3. The molecule has 1 aromatic rings. The number of alkyl halides is 3.